The summed E-state index contributed by atoms with van der Waals surface area (Å²) in [7, 11) is 1.54. The Hall–Kier alpha value is -2.23. The topological polar surface area (TPSA) is 53.3 Å². The van der Waals surface area contributed by atoms with Crippen LogP contribution in [0.1, 0.15) is 24.8 Å². The largest absolute Gasteiger partial charge is 0.484 e. The number of hydrogen-bond acceptors (Lipinski definition) is 3. The molecule has 1 amide bonds. The molecule has 1 aliphatic rings. The summed E-state index contributed by atoms with van der Waals surface area (Å²) < 4.78 is 42.5. The number of halogens is 3. The van der Waals surface area contributed by atoms with Crippen LogP contribution in [0.15, 0.2) is 24.3 Å². The molecule has 7 heteroatoms. The van der Waals surface area contributed by atoms with Crippen LogP contribution in [0.25, 0.3) is 0 Å². The van der Waals surface area contributed by atoms with Crippen molar-refractivity contribution in [2.75, 3.05) is 13.7 Å². The van der Waals surface area contributed by atoms with Crippen molar-refractivity contribution < 1.29 is 22.7 Å². The number of likely N-dealkylation sites (N-methyl/N-ethyl adjacent to an activating group) is 1. The van der Waals surface area contributed by atoms with Gasteiger partial charge in [-0.05, 0) is 43.5 Å². The maximum atomic E-state index is 12.4. The van der Waals surface area contributed by atoms with E-state index in [9.17, 15) is 18.0 Å². The van der Waals surface area contributed by atoms with Crippen LogP contribution in [-0.2, 0) is 11.0 Å². The van der Waals surface area contributed by atoms with Crippen molar-refractivity contribution in [3.05, 3.63) is 29.8 Å². The molecule has 1 aromatic rings. The predicted molar refractivity (Wildman–Crippen MR) is 71.9 cm³/mol. The highest BCUT2D eigenvalue weighted by molar-refractivity contribution is 5.79. The third-order valence-electron chi connectivity index (χ3n) is 3.95. The Morgan fingerprint density at radius 1 is 1.36 bits per heavy atom. The zero-order valence-corrected chi connectivity index (χ0v) is 12.0. The van der Waals surface area contributed by atoms with Crippen LogP contribution in [0.3, 0.4) is 0 Å². The van der Waals surface area contributed by atoms with Crippen LogP contribution in [0.5, 0.6) is 5.75 Å². The number of amides is 1. The van der Waals surface area contributed by atoms with E-state index in [1.54, 1.807) is 7.05 Å². The summed E-state index contributed by atoms with van der Waals surface area (Å²) in [6.07, 6.45) is -2.25. The molecule has 0 atom stereocenters. The predicted octanol–water partition coefficient (Wildman–Crippen LogP) is 2.99. The maximum absolute atomic E-state index is 12.4. The first kappa shape index (κ1) is 16.1. The molecule has 0 saturated heterocycles. The van der Waals surface area contributed by atoms with Gasteiger partial charge in [-0.2, -0.15) is 18.4 Å². The van der Waals surface area contributed by atoms with Crippen LogP contribution in [0.4, 0.5) is 13.2 Å². The standard InChI is InChI=1S/C15H15F3N2O2/c1-20(14(10-19)7-2-8-14)13(21)9-22-12-5-3-11(4-6-12)15(16,17)18/h3-6H,2,7-9H2,1H3. The number of nitrogens with zero attached hydrogens (tertiary/aromatic N) is 2. The lowest BCUT2D eigenvalue weighted by Crippen LogP contribution is -2.54. The summed E-state index contributed by atoms with van der Waals surface area (Å²) in [5, 5.41) is 9.16. The monoisotopic (exact) mass is 312 g/mol. The highest BCUT2D eigenvalue weighted by atomic mass is 19.4. The van der Waals surface area contributed by atoms with Gasteiger partial charge in [-0.1, -0.05) is 0 Å². The Morgan fingerprint density at radius 3 is 2.36 bits per heavy atom. The number of hydrogen-bond donors (Lipinski definition) is 0. The first-order valence-electron chi connectivity index (χ1n) is 6.76. The van der Waals surface area contributed by atoms with Crippen molar-refractivity contribution in [3.63, 3.8) is 0 Å². The van der Waals surface area contributed by atoms with E-state index in [2.05, 4.69) is 6.07 Å². The molecule has 0 heterocycles. The Kier molecular flexibility index (Phi) is 4.31. The van der Waals surface area contributed by atoms with Gasteiger partial charge in [0, 0.05) is 7.05 Å². The molecule has 0 spiro atoms. The van der Waals surface area contributed by atoms with E-state index in [-0.39, 0.29) is 18.3 Å². The second kappa shape index (κ2) is 5.87. The Bertz CT molecular complexity index is 586. The summed E-state index contributed by atoms with van der Waals surface area (Å²) in [5.41, 5.74) is -1.54. The third kappa shape index (κ3) is 3.16. The van der Waals surface area contributed by atoms with Crippen molar-refractivity contribution in [1.82, 2.24) is 4.90 Å². The van der Waals surface area contributed by atoms with Gasteiger partial charge >= 0.3 is 6.18 Å². The zero-order chi connectivity index (χ0) is 16.4. The lowest BCUT2D eigenvalue weighted by molar-refractivity contribution is -0.139. The normalized spacial score (nSPS) is 16.3. The number of carbonyl (C=O) groups excluding carboxylic acids is 1. The Labute approximate surface area is 126 Å². The fourth-order valence-corrected chi connectivity index (χ4v) is 2.25. The van der Waals surface area contributed by atoms with E-state index in [0.29, 0.717) is 12.8 Å². The summed E-state index contributed by atoms with van der Waals surface area (Å²) in [4.78, 5) is 13.4. The van der Waals surface area contributed by atoms with Crippen LogP contribution in [-0.4, -0.2) is 30.0 Å². The summed E-state index contributed by atoms with van der Waals surface area (Å²) in [6.45, 7) is -0.314. The average Bonchev–Trinajstić information content (AvgIpc) is 2.43. The maximum Gasteiger partial charge on any atom is 0.416 e. The number of carbonyl (C=O) groups is 1. The van der Waals surface area contributed by atoms with Gasteiger partial charge in [-0.25, -0.2) is 0 Å². The van der Waals surface area contributed by atoms with Crippen LogP contribution < -0.4 is 4.74 Å². The van der Waals surface area contributed by atoms with E-state index in [1.165, 1.54) is 17.0 Å². The molecule has 1 aromatic carbocycles. The molecule has 0 N–H and O–H groups in total. The molecule has 22 heavy (non-hydrogen) atoms. The van der Waals surface area contributed by atoms with Gasteiger partial charge in [0.05, 0.1) is 11.6 Å². The molecule has 4 nitrogen and oxygen atoms in total. The average molecular weight is 312 g/mol. The lowest BCUT2D eigenvalue weighted by atomic mass is 9.77. The number of alkyl halides is 3. The number of ether oxygens (including phenoxy) is 1. The number of nitriles is 1. The van der Waals surface area contributed by atoms with Crippen molar-refractivity contribution in [1.29, 1.82) is 5.26 Å². The molecule has 118 valence electrons. The summed E-state index contributed by atoms with van der Waals surface area (Å²) in [5.74, 6) is -0.199. The van der Waals surface area contributed by atoms with Gasteiger partial charge in [0.15, 0.2) is 6.61 Å². The van der Waals surface area contributed by atoms with Crippen molar-refractivity contribution >= 4 is 5.91 Å². The van der Waals surface area contributed by atoms with Gasteiger partial charge in [0.2, 0.25) is 0 Å². The van der Waals surface area contributed by atoms with Crippen molar-refractivity contribution in [3.8, 4) is 11.8 Å². The second-order valence-corrected chi connectivity index (χ2v) is 5.26. The first-order valence-corrected chi connectivity index (χ1v) is 6.76. The molecular formula is C15H15F3N2O2. The van der Waals surface area contributed by atoms with Crippen LogP contribution in [0, 0.1) is 11.3 Å². The van der Waals surface area contributed by atoms with Crippen molar-refractivity contribution in [2.24, 2.45) is 0 Å². The van der Waals surface area contributed by atoms with Gasteiger partial charge in [0.1, 0.15) is 11.3 Å². The van der Waals surface area contributed by atoms with E-state index in [4.69, 9.17) is 10.00 Å². The molecular weight excluding hydrogens is 297 g/mol. The van der Waals surface area contributed by atoms with E-state index in [1.807, 2.05) is 0 Å². The molecule has 1 saturated carbocycles. The summed E-state index contributed by atoms with van der Waals surface area (Å²) >= 11 is 0. The van der Waals surface area contributed by atoms with Crippen LogP contribution >= 0.6 is 0 Å². The fourth-order valence-electron chi connectivity index (χ4n) is 2.25. The minimum absolute atomic E-state index is 0.175. The molecule has 1 fully saturated rings. The van der Waals surface area contributed by atoms with Gasteiger partial charge < -0.3 is 9.64 Å². The molecule has 0 aliphatic heterocycles. The molecule has 0 unspecified atom stereocenters. The minimum atomic E-state index is -4.40. The highest BCUT2D eigenvalue weighted by Crippen LogP contribution is 2.36. The van der Waals surface area contributed by atoms with Gasteiger partial charge in [-0.15, -0.1) is 0 Å². The van der Waals surface area contributed by atoms with E-state index < -0.39 is 17.3 Å². The van der Waals surface area contributed by atoms with E-state index >= 15 is 0 Å². The number of rotatable bonds is 4. The zero-order valence-electron chi connectivity index (χ0n) is 12.0. The van der Waals surface area contributed by atoms with Gasteiger partial charge in [0.25, 0.3) is 5.91 Å². The minimum Gasteiger partial charge on any atom is -0.484 e. The van der Waals surface area contributed by atoms with E-state index in [0.717, 1.165) is 18.6 Å². The second-order valence-electron chi connectivity index (χ2n) is 5.26. The molecule has 0 radical (unpaired) electrons. The Morgan fingerprint density at radius 2 is 1.95 bits per heavy atom. The molecule has 1 aliphatic carbocycles. The molecule has 0 bridgehead atoms. The van der Waals surface area contributed by atoms with Crippen molar-refractivity contribution in [2.45, 2.75) is 31.0 Å². The molecule has 0 aromatic heterocycles. The smallest absolute Gasteiger partial charge is 0.416 e. The summed E-state index contributed by atoms with van der Waals surface area (Å²) in [6, 6.07) is 6.26. The quantitative estimate of drug-likeness (QED) is 0.859. The third-order valence-corrected chi connectivity index (χ3v) is 3.95. The number of benzene rings is 1. The fraction of sp³-hybridized carbons (Fsp3) is 0.467. The Balaban J connectivity index is 1.93. The SMILES string of the molecule is CN(C(=O)COc1ccc(C(F)(F)F)cc1)C1(C#N)CCC1. The highest BCUT2D eigenvalue weighted by Gasteiger charge is 2.43. The molecule has 2 rings (SSSR count). The lowest BCUT2D eigenvalue weighted by Gasteiger charge is -2.42. The first-order chi connectivity index (χ1) is 10.3. The van der Waals surface area contributed by atoms with Crippen LogP contribution in [0.2, 0.25) is 0 Å². The van der Waals surface area contributed by atoms with Gasteiger partial charge in [-0.3, -0.25) is 4.79 Å².